The Bertz CT molecular complexity index is 696. The molecule has 1 amide bonds. The maximum absolute atomic E-state index is 12.2. The summed E-state index contributed by atoms with van der Waals surface area (Å²) in [4.78, 5) is 24.9. The molecular formula is C18H19NO4. The van der Waals surface area contributed by atoms with Gasteiger partial charge in [-0.05, 0) is 17.7 Å². The minimum absolute atomic E-state index is 0.264. The molecule has 0 saturated carbocycles. The molecule has 0 saturated heterocycles. The molecule has 0 unspecified atom stereocenters. The molecule has 2 aromatic rings. The van der Waals surface area contributed by atoms with E-state index in [2.05, 4.69) is 0 Å². The first-order valence-electron chi connectivity index (χ1n) is 7.12. The largest absolute Gasteiger partial charge is 0.493 e. The predicted octanol–water partition coefficient (Wildman–Crippen LogP) is 2.79. The number of methoxy groups -OCH3 is 1. The van der Waals surface area contributed by atoms with E-state index in [0.29, 0.717) is 24.4 Å². The van der Waals surface area contributed by atoms with E-state index >= 15 is 0 Å². The number of hydrogen-bond acceptors (Lipinski definition) is 4. The summed E-state index contributed by atoms with van der Waals surface area (Å²) < 4.78 is 11.0. The normalized spacial score (nSPS) is 10.0. The molecule has 0 radical (unpaired) electrons. The van der Waals surface area contributed by atoms with E-state index in [1.54, 1.807) is 14.1 Å². The Kier molecular flexibility index (Phi) is 5.36. The van der Waals surface area contributed by atoms with Crippen molar-refractivity contribution in [1.82, 2.24) is 4.90 Å². The van der Waals surface area contributed by atoms with E-state index in [1.807, 2.05) is 30.3 Å². The molecule has 2 aromatic carbocycles. The van der Waals surface area contributed by atoms with Crippen LogP contribution in [-0.2, 0) is 6.61 Å². The van der Waals surface area contributed by atoms with Crippen molar-refractivity contribution in [1.29, 1.82) is 0 Å². The van der Waals surface area contributed by atoms with Crippen LogP contribution in [0.25, 0.3) is 0 Å². The lowest BCUT2D eigenvalue weighted by molar-refractivity contribution is 0.0823. The molecule has 5 heteroatoms. The van der Waals surface area contributed by atoms with Gasteiger partial charge in [-0.3, -0.25) is 9.59 Å². The Labute approximate surface area is 135 Å². The minimum atomic E-state index is -0.264. The average molecular weight is 313 g/mol. The van der Waals surface area contributed by atoms with Gasteiger partial charge in [-0.15, -0.1) is 0 Å². The van der Waals surface area contributed by atoms with E-state index < -0.39 is 0 Å². The Balaban J connectivity index is 2.32. The van der Waals surface area contributed by atoms with Gasteiger partial charge in [0.2, 0.25) is 0 Å². The highest BCUT2D eigenvalue weighted by atomic mass is 16.5. The zero-order valence-corrected chi connectivity index (χ0v) is 13.4. The second kappa shape index (κ2) is 7.45. The Morgan fingerprint density at radius 2 is 1.83 bits per heavy atom. The van der Waals surface area contributed by atoms with Crippen molar-refractivity contribution in [3.8, 4) is 11.5 Å². The fourth-order valence-electron chi connectivity index (χ4n) is 2.11. The van der Waals surface area contributed by atoms with Crippen molar-refractivity contribution in [2.24, 2.45) is 0 Å². The Hall–Kier alpha value is -2.82. The van der Waals surface area contributed by atoms with Gasteiger partial charge >= 0.3 is 0 Å². The van der Waals surface area contributed by atoms with Gasteiger partial charge in [-0.2, -0.15) is 0 Å². The molecule has 0 bridgehead atoms. The fraction of sp³-hybridized carbons (Fsp3) is 0.222. The summed E-state index contributed by atoms with van der Waals surface area (Å²) in [7, 11) is 4.75. The van der Waals surface area contributed by atoms with Gasteiger partial charge in [-0.25, -0.2) is 0 Å². The van der Waals surface area contributed by atoms with Crippen molar-refractivity contribution in [3.63, 3.8) is 0 Å². The predicted molar refractivity (Wildman–Crippen MR) is 87.2 cm³/mol. The molecular weight excluding hydrogens is 294 g/mol. The molecule has 0 aliphatic heterocycles. The van der Waals surface area contributed by atoms with E-state index in [1.165, 1.54) is 24.1 Å². The van der Waals surface area contributed by atoms with E-state index in [4.69, 9.17) is 9.47 Å². The van der Waals surface area contributed by atoms with Gasteiger partial charge in [0.15, 0.2) is 17.8 Å². The molecule has 0 spiro atoms. The lowest BCUT2D eigenvalue weighted by Crippen LogP contribution is -2.23. The van der Waals surface area contributed by atoms with Gasteiger partial charge in [0.1, 0.15) is 6.61 Å². The molecule has 0 fully saturated rings. The van der Waals surface area contributed by atoms with Crippen LogP contribution in [0.1, 0.15) is 26.3 Å². The van der Waals surface area contributed by atoms with Crippen LogP contribution in [0.3, 0.4) is 0 Å². The van der Waals surface area contributed by atoms with Crippen LogP contribution < -0.4 is 9.47 Å². The van der Waals surface area contributed by atoms with Crippen LogP contribution in [-0.4, -0.2) is 38.3 Å². The topological polar surface area (TPSA) is 55.8 Å². The number of amides is 1. The van der Waals surface area contributed by atoms with Crippen LogP contribution in [0.5, 0.6) is 11.5 Å². The van der Waals surface area contributed by atoms with Crippen molar-refractivity contribution < 1.29 is 19.1 Å². The maximum atomic E-state index is 12.2. The second-order valence-corrected chi connectivity index (χ2v) is 5.18. The summed E-state index contributed by atoms with van der Waals surface area (Å²) in [6.07, 6.45) is 0.644. The van der Waals surface area contributed by atoms with Crippen molar-refractivity contribution in [2.75, 3.05) is 21.2 Å². The zero-order chi connectivity index (χ0) is 16.8. The maximum Gasteiger partial charge on any atom is 0.254 e. The summed E-state index contributed by atoms with van der Waals surface area (Å²) in [5, 5.41) is 0. The molecule has 0 aliphatic carbocycles. The zero-order valence-electron chi connectivity index (χ0n) is 13.4. The fourth-order valence-corrected chi connectivity index (χ4v) is 2.11. The summed E-state index contributed by atoms with van der Waals surface area (Å²) >= 11 is 0. The Morgan fingerprint density at radius 3 is 2.39 bits per heavy atom. The number of aldehydes is 1. The third kappa shape index (κ3) is 3.88. The van der Waals surface area contributed by atoms with E-state index in [-0.39, 0.29) is 17.0 Å². The van der Waals surface area contributed by atoms with Crippen LogP contribution in [0.4, 0.5) is 0 Å². The highest BCUT2D eigenvalue weighted by molar-refractivity contribution is 6.02. The van der Waals surface area contributed by atoms with Crippen LogP contribution >= 0.6 is 0 Å². The van der Waals surface area contributed by atoms with Crippen LogP contribution in [0.2, 0.25) is 0 Å². The standard InChI is InChI=1S/C18H19NO4/c1-19(2)18(21)15-10-16(22-3)17(9-14(15)11-20)23-12-13-7-5-4-6-8-13/h4-11H,12H2,1-3H3. The number of rotatable bonds is 6. The summed E-state index contributed by atoms with van der Waals surface area (Å²) in [5.41, 5.74) is 1.55. The van der Waals surface area contributed by atoms with Crippen molar-refractivity contribution in [2.45, 2.75) is 6.61 Å². The molecule has 120 valence electrons. The van der Waals surface area contributed by atoms with Crippen LogP contribution in [0.15, 0.2) is 42.5 Å². The molecule has 0 aromatic heterocycles. The SMILES string of the molecule is COc1cc(C(=O)N(C)C)c(C=O)cc1OCc1ccccc1. The van der Waals surface area contributed by atoms with Crippen molar-refractivity contribution >= 4 is 12.2 Å². The first kappa shape index (κ1) is 16.5. The highest BCUT2D eigenvalue weighted by Gasteiger charge is 2.18. The van der Waals surface area contributed by atoms with Gasteiger partial charge in [0.05, 0.1) is 12.7 Å². The number of carbonyl (C=O) groups excluding carboxylic acids is 2. The summed E-state index contributed by atoms with van der Waals surface area (Å²) in [6, 6.07) is 12.7. The number of carbonyl (C=O) groups is 2. The molecule has 0 heterocycles. The third-order valence-electron chi connectivity index (χ3n) is 3.34. The molecule has 5 nitrogen and oxygen atoms in total. The lowest BCUT2D eigenvalue weighted by Gasteiger charge is -2.16. The summed E-state index contributed by atoms with van der Waals surface area (Å²) in [5.74, 6) is 0.575. The highest BCUT2D eigenvalue weighted by Crippen LogP contribution is 2.31. The minimum Gasteiger partial charge on any atom is -0.493 e. The van der Waals surface area contributed by atoms with Gasteiger partial charge in [0, 0.05) is 19.7 Å². The van der Waals surface area contributed by atoms with Crippen LogP contribution in [0, 0.1) is 0 Å². The number of hydrogen-bond donors (Lipinski definition) is 0. The van der Waals surface area contributed by atoms with E-state index in [0.717, 1.165) is 5.56 Å². The first-order valence-corrected chi connectivity index (χ1v) is 7.12. The second-order valence-electron chi connectivity index (χ2n) is 5.18. The number of ether oxygens (including phenoxy) is 2. The monoisotopic (exact) mass is 313 g/mol. The number of nitrogens with zero attached hydrogens (tertiary/aromatic N) is 1. The van der Waals surface area contributed by atoms with Gasteiger partial charge < -0.3 is 14.4 Å². The Morgan fingerprint density at radius 1 is 1.13 bits per heavy atom. The van der Waals surface area contributed by atoms with Gasteiger partial charge in [0.25, 0.3) is 5.91 Å². The first-order chi connectivity index (χ1) is 11.1. The van der Waals surface area contributed by atoms with E-state index in [9.17, 15) is 9.59 Å². The third-order valence-corrected chi connectivity index (χ3v) is 3.34. The smallest absolute Gasteiger partial charge is 0.254 e. The molecule has 23 heavy (non-hydrogen) atoms. The molecule has 0 aliphatic rings. The van der Waals surface area contributed by atoms with Crippen molar-refractivity contribution in [3.05, 3.63) is 59.2 Å². The summed E-state index contributed by atoms with van der Waals surface area (Å²) in [6.45, 7) is 0.344. The quantitative estimate of drug-likeness (QED) is 0.770. The molecule has 2 rings (SSSR count). The molecule has 0 atom stereocenters. The van der Waals surface area contributed by atoms with Gasteiger partial charge in [-0.1, -0.05) is 30.3 Å². The molecule has 0 N–H and O–H groups in total. The lowest BCUT2D eigenvalue weighted by atomic mass is 10.1. The average Bonchev–Trinajstić information content (AvgIpc) is 2.59. The number of benzene rings is 2.